The van der Waals surface area contributed by atoms with Crippen molar-refractivity contribution in [2.75, 3.05) is 59.4 Å². The number of amides is 2. The summed E-state index contributed by atoms with van der Waals surface area (Å²) in [6.07, 6.45) is -3.75. The van der Waals surface area contributed by atoms with Crippen molar-refractivity contribution in [3.63, 3.8) is 0 Å². The van der Waals surface area contributed by atoms with Gasteiger partial charge in [0.2, 0.25) is 5.91 Å². The fourth-order valence-electron chi connectivity index (χ4n) is 4.68. The second-order valence-corrected chi connectivity index (χ2v) is 15.8. The van der Waals surface area contributed by atoms with Crippen molar-refractivity contribution < 1.29 is 79.7 Å². The summed E-state index contributed by atoms with van der Waals surface area (Å²) >= 11 is 0. The molecule has 0 radical (unpaired) electrons. The number of nitrogens with zero attached hydrogens (tertiary/aromatic N) is 4. The van der Waals surface area contributed by atoms with Crippen LogP contribution in [0, 0.1) is 11.8 Å². The molecule has 0 aliphatic carbocycles. The SMILES string of the molecule is [N-]=[N+]=NC(COc1cccc(C(=O)NCCN)c1)OCCOCC(=O)NCC#Cc1cn(C2CC(OCN)C(COP(=O)(O)OP(=O)(O)OP(=O)(O)O)O2)c(=O)[nH]c1=O. The number of phosphoric acid groups is 3. The van der Waals surface area contributed by atoms with Gasteiger partial charge in [-0.05, 0) is 23.7 Å². The molecule has 6 atom stereocenters. The third-order valence-corrected chi connectivity index (χ3v) is 10.9. The van der Waals surface area contributed by atoms with Crippen molar-refractivity contribution in [2.45, 2.75) is 31.1 Å². The fourth-order valence-corrected chi connectivity index (χ4v) is 7.71. The first-order valence-electron chi connectivity index (χ1n) is 16.7. The summed E-state index contributed by atoms with van der Waals surface area (Å²) in [6, 6.07) is 6.26. The van der Waals surface area contributed by atoms with Gasteiger partial charge in [-0.3, -0.25) is 28.5 Å². The Hall–Kier alpha value is -4.32. The number of hydrogen-bond donors (Lipinski definition) is 9. The smallest absolute Gasteiger partial charge is 0.490 e. The molecule has 0 spiro atoms. The molecule has 1 aliphatic heterocycles. The van der Waals surface area contributed by atoms with Crippen LogP contribution in [0.5, 0.6) is 5.75 Å². The highest BCUT2D eigenvalue weighted by atomic mass is 31.3. The summed E-state index contributed by atoms with van der Waals surface area (Å²) in [5, 5.41) is 8.56. The Bertz CT molecular complexity index is 2130. The first-order chi connectivity index (χ1) is 27.8. The highest BCUT2D eigenvalue weighted by Crippen LogP contribution is 2.66. The van der Waals surface area contributed by atoms with Gasteiger partial charge < -0.3 is 65.4 Å². The lowest BCUT2D eigenvalue weighted by atomic mass is 10.2. The van der Waals surface area contributed by atoms with Crippen molar-refractivity contribution in [1.29, 1.82) is 0 Å². The Labute approximate surface area is 332 Å². The molecule has 3 rings (SSSR count). The number of rotatable bonds is 24. The monoisotopic (exact) mass is 899 g/mol. The van der Waals surface area contributed by atoms with Crippen molar-refractivity contribution in [2.24, 2.45) is 16.6 Å². The van der Waals surface area contributed by atoms with Crippen molar-refractivity contribution in [3.8, 4) is 17.6 Å². The fraction of sp³-hybridized carbons (Fsp3) is 0.500. The van der Waals surface area contributed by atoms with Gasteiger partial charge in [0.1, 0.15) is 36.9 Å². The molecule has 6 unspecified atom stereocenters. The zero-order chi connectivity index (χ0) is 43.6. The van der Waals surface area contributed by atoms with Crippen LogP contribution in [0.2, 0.25) is 0 Å². The number of azide groups is 1. The van der Waals surface area contributed by atoms with E-state index in [0.717, 1.165) is 10.8 Å². The summed E-state index contributed by atoms with van der Waals surface area (Å²) < 4.78 is 74.7. The highest BCUT2D eigenvalue weighted by molar-refractivity contribution is 7.66. The molecule has 0 saturated carbocycles. The van der Waals surface area contributed by atoms with Crippen LogP contribution in [0.4, 0.5) is 0 Å². The number of benzene rings is 1. The lowest BCUT2D eigenvalue weighted by Gasteiger charge is -2.20. The number of ether oxygens (including phenoxy) is 5. The molecule has 1 fully saturated rings. The van der Waals surface area contributed by atoms with E-state index in [1.807, 2.05) is 4.98 Å². The summed E-state index contributed by atoms with van der Waals surface area (Å²) in [4.78, 5) is 90.6. The number of aromatic amines is 1. The standard InChI is InChI=1S/C28H40N9O19P3/c29-6-8-33-26(39)18-3-1-5-20(11-18)51-16-24(35-36-31)50-10-9-49-15-23(38)32-7-2-4-19-13-37(28(41)34-27(19)40)25-12-21(52-17-30)22(54-25)14-53-58(45,46)56-59(47,48)55-57(42,43)44/h1,3,5,11,13,21-22,24-25H,6-10,12,14-17,29-30H2,(H,32,38)(H,33,39)(H,45,46)(H,47,48)(H,34,40,41)(H2,42,43,44). The predicted molar refractivity (Wildman–Crippen MR) is 197 cm³/mol. The van der Waals surface area contributed by atoms with Gasteiger partial charge in [0.05, 0.1) is 39.2 Å². The lowest BCUT2D eigenvalue weighted by Crippen LogP contribution is -2.34. The van der Waals surface area contributed by atoms with Crippen LogP contribution in [-0.2, 0) is 50.6 Å². The van der Waals surface area contributed by atoms with E-state index in [1.165, 1.54) is 6.07 Å². The molecule has 59 heavy (non-hydrogen) atoms. The number of carbonyl (C=O) groups excluding carboxylic acids is 2. The number of nitrogens with two attached hydrogens (primary N) is 2. The zero-order valence-corrected chi connectivity index (χ0v) is 33.1. The molecule has 0 bridgehead atoms. The van der Waals surface area contributed by atoms with Gasteiger partial charge in [0.25, 0.3) is 11.5 Å². The van der Waals surface area contributed by atoms with Crippen molar-refractivity contribution >= 4 is 35.3 Å². The Balaban J connectivity index is 1.47. The summed E-state index contributed by atoms with van der Waals surface area (Å²) in [5.74, 6) is 4.39. The van der Waals surface area contributed by atoms with E-state index >= 15 is 0 Å². The van der Waals surface area contributed by atoms with E-state index in [1.54, 1.807) is 18.2 Å². The first kappa shape index (κ1) is 49.0. The first-order valence-corrected chi connectivity index (χ1v) is 21.2. The van der Waals surface area contributed by atoms with Gasteiger partial charge in [0.15, 0.2) is 6.23 Å². The molecular weight excluding hydrogens is 859 g/mol. The third-order valence-electron chi connectivity index (χ3n) is 7.05. The zero-order valence-electron chi connectivity index (χ0n) is 30.5. The van der Waals surface area contributed by atoms with Gasteiger partial charge in [-0.2, -0.15) is 8.62 Å². The molecule has 31 heteroatoms. The average molecular weight is 900 g/mol. The number of nitrogens with one attached hydrogen (secondary N) is 3. The molecule has 2 amide bonds. The lowest BCUT2D eigenvalue weighted by molar-refractivity contribution is -0.126. The number of carbonyl (C=O) groups is 2. The highest BCUT2D eigenvalue weighted by Gasteiger charge is 2.43. The van der Waals surface area contributed by atoms with Crippen LogP contribution < -0.4 is 38.1 Å². The van der Waals surface area contributed by atoms with Crippen molar-refractivity contribution in [1.82, 2.24) is 20.2 Å². The largest absolute Gasteiger partial charge is 0.491 e. The van der Waals surface area contributed by atoms with Crippen LogP contribution in [-0.4, -0.2) is 119 Å². The van der Waals surface area contributed by atoms with E-state index in [-0.39, 0.29) is 50.8 Å². The van der Waals surface area contributed by atoms with Crippen LogP contribution in [0.1, 0.15) is 28.6 Å². The Morgan fingerprint density at radius 2 is 1.88 bits per heavy atom. The van der Waals surface area contributed by atoms with E-state index in [9.17, 15) is 42.7 Å². The maximum absolute atomic E-state index is 12.6. The molecule has 1 aromatic heterocycles. The van der Waals surface area contributed by atoms with Crippen LogP contribution >= 0.6 is 23.5 Å². The van der Waals surface area contributed by atoms with E-state index in [4.69, 9.17) is 50.5 Å². The van der Waals surface area contributed by atoms with Gasteiger partial charge in [-0.25, -0.2) is 18.5 Å². The predicted octanol–water partition coefficient (Wildman–Crippen LogP) is -1.63. The molecule has 2 heterocycles. The average Bonchev–Trinajstić information content (AvgIpc) is 3.55. The topological polar surface area (TPSA) is 420 Å². The Morgan fingerprint density at radius 1 is 1.12 bits per heavy atom. The molecule has 28 nitrogen and oxygen atoms in total. The van der Waals surface area contributed by atoms with Gasteiger partial charge >= 0.3 is 29.2 Å². The third kappa shape index (κ3) is 17.8. The van der Waals surface area contributed by atoms with Gasteiger partial charge in [0, 0.05) is 36.2 Å². The van der Waals surface area contributed by atoms with Crippen molar-refractivity contribution in [3.05, 3.63) is 72.9 Å². The molecule has 1 aromatic carbocycles. The number of aromatic nitrogens is 2. The normalized spacial score (nSPS) is 18.9. The van der Waals surface area contributed by atoms with E-state index in [0.29, 0.717) is 17.9 Å². The summed E-state index contributed by atoms with van der Waals surface area (Å²) in [7, 11) is -16.9. The minimum absolute atomic E-state index is 0.0934. The second kappa shape index (κ2) is 23.5. The Kier molecular flexibility index (Phi) is 19.5. The maximum atomic E-state index is 12.6. The van der Waals surface area contributed by atoms with Crippen LogP contribution in [0.25, 0.3) is 10.4 Å². The molecule has 2 aromatic rings. The number of H-pyrrole nitrogens is 1. The number of hydrogen-bond acceptors (Lipinski definition) is 18. The minimum atomic E-state index is -5.79. The Morgan fingerprint density at radius 3 is 2.58 bits per heavy atom. The molecular formula is C28H40N9O19P3. The summed E-state index contributed by atoms with van der Waals surface area (Å²) in [6.45, 7) is -1.83. The van der Waals surface area contributed by atoms with Gasteiger partial charge in [-0.1, -0.05) is 23.0 Å². The number of phosphoric ester groups is 1. The molecule has 1 saturated heterocycles. The van der Waals surface area contributed by atoms with Crippen LogP contribution in [0.3, 0.4) is 0 Å². The minimum Gasteiger partial charge on any atom is -0.491 e. The molecule has 1 aliphatic rings. The van der Waals surface area contributed by atoms with E-state index < -0.39 is 85.2 Å². The summed E-state index contributed by atoms with van der Waals surface area (Å²) in [5.41, 5.74) is 17.9. The van der Waals surface area contributed by atoms with Crippen LogP contribution in [0.15, 0.2) is 45.2 Å². The maximum Gasteiger partial charge on any atom is 0.490 e. The quantitative estimate of drug-likeness (QED) is 0.0109. The molecule has 11 N–H and O–H groups in total. The van der Waals surface area contributed by atoms with Gasteiger partial charge in [-0.15, -0.1) is 0 Å². The van der Waals surface area contributed by atoms with E-state index in [2.05, 4.69) is 45.6 Å². The molecule has 326 valence electrons. The second-order valence-electron chi connectivity index (χ2n) is 11.4.